The number of aromatic nitrogens is 1. The second-order valence-electron chi connectivity index (χ2n) is 7.95. The third kappa shape index (κ3) is 5.14. The molecule has 30 heavy (non-hydrogen) atoms. The molecule has 0 radical (unpaired) electrons. The van der Waals surface area contributed by atoms with Gasteiger partial charge in [0.15, 0.2) is 0 Å². The number of benzene rings is 2. The molecule has 1 aromatic heterocycles. The van der Waals surface area contributed by atoms with Gasteiger partial charge in [-0.05, 0) is 49.1 Å². The summed E-state index contributed by atoms with van der Waals surface area (Å²) in [6.07, 6.45) is -0.555. The van der Waals surface area contributed by atoms with Crippen LogP contribution >= 0.6 is 0 Å². The first-order chi connectivity index (χ1) is 14.4. The summed E-state index contributed by atoms with van der Waals surface area (Å²) in [7, 11) is 0. The van der Waals surface area contributed by atoms with Gasteiger partial charge in [0.05, 0.1) is 17.5 Å². The molecule has 1 amide bonds. The van der Waals surface area contributed by atoms with E-state index in [1.54, 1.807) is 29.7 Å². The summed E-state index contributed by atoms with van der Waals surface area (Å²) in [4.78, 5) is 16.5. The molecule has 0 saturated carbocycles. The highest BCUT2D eigenvalue weighted by Gasteiger charge is 2.28. The van der Waals surface area contributed by atoms with Crippen molar-refractivity contribution in [3.63, 3.8) is 0 Å². The molecule has 3 aromatic rings. The average Bonchev–Trinajstić information content (AvgIpc) is 2.75. The number of hydrogen-bond acceptors (Lipinski definition) is 5. The topological polar surface area (TPSA) is 91.7 Å². The standard InChI is InChI=1S/C24H28N2O4/c1-15(2)12-21(24(28)26-29)23(27)17-8-10-19(11-9-17)30-14-18-13-16(3)25-22-7-5-4-6-20(18)22/h4-11,13,15,21,23,27,29H,12,14H2,1-3H3,(H,26,28). The predicted molar refractivity (Wildman–Crippen MR) is 115 cm³/mol. The van der Waals surface area contributed by atoms with Crippen LogP contribution in [-0.4, -0.2) is 21.2 Å². The van der Waals surface area contributed by atoms with Crippen molar-refractivity contribution in [2.75, 3.05) is 0 Å². The van der Waals surface area contributed by atoms with Crippen LogP contribution in [0.4, 0.5) is 0 Å². The van der Waals surface area contributed by atoms with Crippen molar-refractivity contribution in [3.05, 3.63) is 71.4 Å². The largest absolute Gasteiger partial charge is 0.489 e. The zero-order valence-electron chi connectivity index (χ0n) is 17.5. The van der Waals surface area contributed by atoms with Gasteiger partial charge < -0.3 is 9.84 Å². The number of pyridine rings is 1. The highest BCUT2D eigenvalue weighted by Crippen LogP contribution is 2.29. The van der Waals surface area contributed by atoms with E-state index in [1.807, 2.05) is 51.1 Å². The fourth-order valence-electron chi connectivity index (χ4n) is 3.64. The van der Waals surface area contributed by atoms with E-state index >= 15 is 0 Å². The second kappa shape index (κ2) is 9.69. The highest BCUT2D eigenvalue weighted by atomic mass is 16.5. The third-order valence-corrected chi connectivity index (χ3v) is 5.10. The summed E-state index contributed by atoms with van der Waals surface area (Å²) in [6, 6.07) is 17.0. The number of hydrogen-bond donors (Lipinski definition) is 3. The molecule has 3 rings (SSSR count). The first-order valence-corrected chi connectivity index (χ1v) is 10.1. The van der Waals surface area contributed by atoms with Gasteiger partial charge in [-0.25, -0.2) is 5.48 Å². The van der Waals surface area contributed by atoms with Gasteiger partial charge in [0.1, 0.15) is 12.4 Å². The number of amides is 1. The fourth-order valence-corrected chi connectivity index (χ4v) is 3.64. The lowest BCUT2D eigenvalue weighted by Crippen LogP contribution is -2.33. The van der Waals surface area contributed by atoms with Crippen LogP contribution in [0.5, 0.6) is 5.75 Å². The number of aliphatic hydroxyl groups excluding tert-OH is 1. The molecule has 0 aliphatic rings. The number of carbonyl (C=O) groups is 1. The summed E-state index contributed by atoms with van der Waals surface area (Å²) in [5.41, 5.74) is 5.19. The molecular weight excluding hydrogens is 380 g/mol. The van der Waals surface area contributed by atoms with Crippen molar-refractivity contribution in [2.45, 2.75) is 39.9 Å². The minimum Gasteiger partial charge on any atom is -0.489 e. The number of para-hydroxylation sites is 1. The van der Waals surface area contributed by atoms with E-state index in [4.69, 9.17) is 9.94 Å². The third-order valence-electron chi connectivity index (χ3n) is 5.10. The van der Waals surface area contributed by atoms with E-state index in [2.05, 4.69) is 4.98 Å². The molecule has 0 aliphatic heterocycles. The molecule has 3 N–H and O–H groups in total. The van der Waals surface area contributed by atoms with Crippen molar-refractivity contribution >= 4 is 16.8 Å². The van der Waals surface area contributed by atoms with Crippen LogP contribution < -0.4 is 10.2 Å². The quantitative estimate of drug-likeness (QED) is 0.381. The van der Waals surface area contributed by atoms with E-state index in [9.17, 15) is 9.90 Å². The van der Waals surface area contributed by atoms with Crippen LogP contribution in [0, 0.1) is 18.8 Å². The molecular formula is C24H28N2O4. The molecule has 6 heteroatoms. The molecule has 6 nitrogen and oxygen atoms in total. The zero-order chi connectivity index (χ0) is 21.7. The Balaban J connectivity index is 1.72. The molecule has 158 valence electrons. The lowest BCUT2D eigenvalue weighted by Gasteiger charge is -2.23. The van der Waals surface area contributed by atoms with E-state index in [-0.39, 0.29) is 5.92 Å². The fraction of sp³-hybridized carbons (Fsp3) is 0.333. The Morgan fingerprint density at radius 2 is 1.83 bits per heavy atom. The molecule has 1 heterocycles. The Hall–Kier alpha value is -2.96. The summed E-state index contributed by atoms with van der Waals surface area (Å²) >= 11 is 0. The first-order valence-electron chi connectivity index (χ1n) is 10.1. The number of fused-ring (bicyclic) bond motifs is 1. The van der Waals surface area contributed by atoms with Gasteiger partial charge in [-0.2, -0.15) is 0 Å². The van der Waals surface area contributed by atoms with Crippen molar-refractivity contribution in [2.24, 2.45) is 11.8 Å². The summed E-state index contributed by atoms with van der Waals surface area (Å²) in [5, 5.41) is 20.7. The molecule has 2 unspecified atom stereocenters. The number of carbonyl (C=O) groups excluding carboxylic acids is 1. The summed E-state index contributed by atoms with van der Waals surface area (Å²) in [5.74, 6) is -0.455. The average molecular weight is 408 g/mol. The minimum atomic E-state index is -1.01. The molecule has 0 aliphatic carbocycles. The Morgan fingerprint density at radius 3 is 2.50 bits per heavy atom. The number of aryl methyl sites for hydroxylation is 1. The van der Waals surface area contributed by atoms with Gasteiger partial charge in [0, 0.05) is 16.6 Å². The Bertz CT molecular complexity index is 1000. The van der Waals surface area contributed by atoms with E-state index in [0.717, 1.165) is 22.2 Å². The van der Waals surface area contributed by atoms with Crippen LogP contribution in [0.15, 0.2) is 54.6 Å². The smallest absolute Gasteiger partial charge is 0.249 e. The van der Waals surface area contributed by atoms with Gasteiger partial charge >= 0.3 is 0 Å². The van der Waals surface area contributed by atoms with Gasteiger partial charge in [-0.3, -0.25) is 15.0 Å². The zero-order valence-corrected chi connectivity index (χ0v) is 17.5. The monoisotopic (exact) mass is 408 g/mol. The van der Waals surface area contributed by atoms with E-state index < -0.39 is 17.9 Å². The van der Waals surface area contributed by atoms with Gasteiger partial charge in [0.25, 0.3) is 0 Å². The van der Waals surface area contributed by atoms with Crippen LogP contribution in [0.1, 0.15) is 43.2 Å². The Morgan fingerprint density at radius 1 is 1.13 bits per heavy atom. The van der Waals surface area contributed by atoms with Crippen molar-refractivity contribution in [1.82, 2.24) is 10.5 Å². The van der Waals surface area contributed by atoms with Crippen LogP contribution in [0.2, 0.25) is 0 Å². The Kier molecular flexibility index (Phi) is 7.03. The maximum Gasteiger partial charge on any atom is 0.249 e. The minimum absolute atomic E-state index is 0.197. The molecule has 2 atom stereocenters. The van der Waals surface area contributed by atoms with Crippen LogP contribution in [0.25, 0.3) is 10.9 Å². The van der Waals surface area contributed by atoms with Gasteiger partial charge in [0.2, 0.25) is 5.91 Å². The molecule has 0 bridgehead atoms. The summed E-state index contributed by atoms with van der Waals surface area (Å²) in [6.45, 7) is 6.29. The molecule has 0 fully saturated rings. The lowest BCUT2D eigenvalue weighted by atomic mass is 9.88. The van der Waals surface area contributed by atoms with Crippen molar-refractivity contribution < 1.29 is 19.8 Å². The van der Waals surface area contributed by atoms with Gasteiger partial charge in [-0.1, -0.05) is 44.2 Å². The second-order valence-corrected chi connectivity index (χ2v) is 7.95. The number of rotatable bonds is 8. The Labute approximate surface area is 176 Å². The molecule has 0 spiro atoms. The molecule has 2 aromatic carbocycles. The molecule has 0 saturated heterocycles. The number of hydroxylamine groups is 1. The summed E-state index contributed by atoms with van der Waals surface area (Å²) < 4.78 is 5.95. The first kappa shape index (κ1) is 21.7. The van der Waals surface area contributed by atoms with Crippen molar-refractivity contribution in [3.8, 4) is 5.75 Å². The van der Waals surface area contributed by atoms with Crippen molar-refractivity contribution in [1.29, 1.82) is 0 Å². The van der Waals surface area contributed by atoms with Gasteiger partial charge in [-0.15, -0.1) is 0 Å². The SMILES string of the molecule is Cc1cc(COc2ccc(C(O)C(CC(C)C)C(=O)NO)cc2)c2ccccc2n1. The maximum absolute atomic E-state index is 12.0. The number of nitrogens with one attached hydrogen (secondary N) is 1. The lowest BCUT2D eigenvalue weighted by molar-refractivity contribution is -0.138. The number of nitrogens with zero attached hydrogens (tertiary/aromatic N) is 1. The highest BCUT2D eigenvalue weighted by molar-refractivity contribution is 5.82. The normalized spacial score (nSPS) is 13.3. The number of ether oxygens (including phenoxy) is 1. The van der Waals surface area contributed by atoms with Crippen LogP contribution in [0.3, 0.4) is 0 Å². The van der Waals surface area contributed by atoms with E-state index in [1.165, 1.54) is 0 Å². The predicted octanol–water partition coefficient (Wildman–Crippen LogP) is 4.32. The number of aliphatic hydroxyl groups is 1. The maximum atomic E-state index is 12.0. The van der Waals surface area contributed by atoms with E-state index in [0.29, 0.717) is 24.3 Å². The van der Waals surface area contributed by atoms with Crippen LogP contribution in [-0.2, 0) is 11.4 Å².